The van der Waals surface area contributed by atoms with E-state index in [1.54, 1.807) is 24.3 Å². The van der Waals surface area contributed by atoms with Gasteiger partial charge in [-0.15, -0.1) is 0 Å². The predicted molar refractivity (Wildman–Crippen MR) is 92.1 cm³/mol. The minimum atomic E-state index is -0.493. The van der Waals surface area contributed by atoms with Crippen molar-refractivity contribution in [1.29, 1.82) is 0 Å². The number of aryl methyl sites for hydroxylation is 1. The second kappa shape index (κ2) is 6.37. The van der Waals surface area contributed by atoms with Crippen LogP contribution in [0.2, 0.25) is 0 Å². The highest BCUT2D eigenvalue weighted by atomic mass is 16.3. The summed E-state index contributed by atoms with van der Waals surface area (Å²) in [5, 5.41) is 13.5. The highest BCUT2D eigenvalue weighted by molar-refractivity contribution is 5.93. The standard InChI is InChI=1S/C18H16N4O2/c1-11-2-4-12(5-3-11)15-16(23)18(21-10-20-15)22-14-8-6-13(7-9-14)17(19)24/h2-10,23H,1H3,(H2,19,24)(H,20,21,22). The summed E-state index contributed by atoms with van der Waals surface area (Å²) < 4.78 is 0. The van der Waals surface area contributed by atoms with Crippen molar-refractivity contribution >= 4 is 17.4 Å². The second-order valence-electron chi connectivity index (χ2n) is 5.35. The SMILES string of the molecule is Cc1ccc(-c2ncnc(Nc3ccc(C(N)=O)cc3)c2O)cc1. The molecule has 0 saturated heterocycles. The van der Waals surface area contributed by atoms with Gasteiger partial charge in [0.2, 0.25) is 5.91 Å². The molecule has 1 aromatic heterocycles. The molecule has 0 spiro atoms. The van der Waals surface area contributed by atoms with Crippen molar-refractivity contribution in [3.8, 4) is 17.0 Å². The number of anilines is 2. The summed E-state index contributed by atoms with van der Waals surface area (Å²) in [5.41, 5.74) is 8.67. The van der Waals surface area contributed by atoms with Crippen molar-refractivity contribution in [3.05, 3.63) is 66.0 Å². The van der Waals surface area contributed by atoms with Gasteiger partial charge in [-0.25, -0.2) is 9.97 Å². The lowest BCUT2D eigenvalue weighted by Crippen LogP contribution is -2.10. The van der Waals surface area contributed by atoms with Crippen molar-refractivity contribution in [2.45, 2.75) is 6.92 Å². The third-order valence-corrected chi connectivity index (χ3v) is 3.58. The lowest BCUT2D eigenvalue weighted by molar-refractivity contribution is 0.100. The topological polar surface area (TPSA) is 101 Å². The molecule has 0 atom stereocenters. The summed E-state index contributed by atoms with van der Waals surface area (Å²) >= 11 is 0. The Kier molecular flexibility index (Phi) is 4.11. The van der Waals surface area contributed by atoms with Crippen LogP contribution in [0.4, 0.5) is 11.5 Å². The Morgan fingerprint density at radius 3 is 2.33 bits per heavy atom. The van der Waals surface area contributed by atoms with E-state index in [2.05, 4.69) is 15.3 Å². The third kappa shape index (κ3) is 3.17. The van der Waals surface area contributed by atoms with Crippen molar-refractivity contribution in [2.24, 2.45) is 5.73 Å². The number of nitrogens with two attached hydrogens (primary N) is 1. The van der Waals surface area contributed by atoms with E-state index in [4.69, 9.17) is 5.73 Å². The Hall–Kier alpha value is -3.41. The first-order valence-electron chi connectivity index (χ1n) is 7.32. The van der Waals surface area contributed by atoms with Crippen molar-refractivity contribution < 1.29 is 9.90 Å². The molecule has 3 aromatic rings. The van der Waals surface area contributed by atoms with E-state index >= 15 is 0 Å². The van der Waals surface area contributed by atoms with Crippen LogP contribution >= 0.6 is 0 Å². The maximum Gasteiger partial charge on any atom is 0.248 e. The van der Waals surface area contributed by atoms with E-state index in [1.165, 1.54) is 6.33 Å². The first kappa shape index (κ1) is 15.5. The Balaban J connectivity index is 1.90. The summed E-state index contributed by atoms with van der Waals surface area (Å²) in [7, 11) is 0. The van der Waals surface area contributed by atoms with E-state index in [0.29, 0.717) is 16.9 Å². The van der Waals surface area contributed by atoms with Crippen molar-refractivity contribution in [1.82, 2.24) is 9.97 Å². The minimum absolute atomic E-state index is 0.0414. The van der Waals surface area contributed by atoms with E-state index in [9.17, 15) is 9.90 Å². The average Bonchev–Trinajstić information content (AvgIpc) is 2.58. The van der Waals surface area contributed by atoms with Gasteiger partial charge in [0, 0.05) is 16.8 Å². The zero-order valence-electron chi connectivity index (χ0n) is 13.0. The van der Waals surface area contributed by atoms with Gasteiger partial charge in [0.1, 0.15) is 12.0 Å². The van der Waals surface area contributed by atoms with Crippen molar-refractivity contribution in [2.75, 3.05) is 5.32 Å². The molecular formula is C18H16N4O2. The molecule has 2 aromatic carbocycles. The van der Waals surface area contributed by atoms with Gasteiger partial charge in [0.05, 0.1) is 0 Å². The lowest BCUT2D eigenvalue weighted by Gasteiger charge is -2.10. The van der Waals surface area contributed by atoms with E-state index in [1.807, 2.05) is 31.2 Å². The summed E-state index contributed by atoms with van der Waals surface area (Å²) in [5.74, 6) is -0.249. The number of nitrogens with one attached hydrogen (secondary N) is 1. The number of amides is 1. The monoisotopic (exact) mass is 320 g/mol. The van der Waals surface area contributed by atoms with Gasteiger partial charge in [-0.05, 0) is 31.2 Å². The molecule has 1 heterocycles. The number of primary amides is 1. The predicted octanol–water partition coefficient (Wildman–Crippen LogP) is 3.00. The van der Waals surface area contributed by atoms with Crippen LogP contribution in [-0.4, -0.2) is 21.0 Å². The van der Waals surface area contributed by atoms with Gasteiger partial charge < -0.3 is 16.2 Å². The van der Waals surface area contributed by atoms with Crippen molar-refractivity contribution in [3.63, 3.8) is 0 Å². The maximum atomic E-state index is 11.1. The molecule has 0 aliphatic rings. The Labute approximate surface area is 139 Å². The fourth-order valence-electron chi connectivity index (χ4n) is 2.25. The number of carbonyl (C=O) groups is 1. The average molecular weight is 320 g/mol. The van der Waals surface area contributed by atoms with Crippen LogP contribution < -0.4 is 11.1 Å². The third-order valence-electron chi connectivity index (χ3n) is 3.58. The fraction of sp³-hybridized carbons (Fsp3) is 0.0556. The maximum absolute atomic E-state index is 11.1. The molecule has 0 radical (unpaired) electrons. The fourth-order valence-corrected chi connectivity index (χ4v) is 2.25. The van der Waals surface area contributed by atoms with Gasteiger partial charge in [0.25, 0.3) is 0 Å². The van der Waals surface area contributed by atoms with E-state index < -0.39 is 5.91 Å². The molecule has 1 amide bonds. The lowest BCUT2D eigenvalue weighted by atomic mass is 10.1. The number of hydrogen-bond donors (Lipinski definition) is 3. The van der Waals surface area contributed by atoms with Crippen LogP contribution in [0.1, 0.15) is 15.9 Å². The number of benzene rings is 2. The highest BCUT2D eigenvalue weighted by Gasteiger charge is 2.12. The zero-order valence-corrected chi connectivity index (χ0v) is 13.0. The van der Waals surface area contributed by atoms with Gasteiger partial charge >= 0.3 is 0 Å². The van der Waals surface area contributed by atoms with E-state index in [0.717, 1.165) is 11.1 Å². The van der Waals surface area contributed by atoms with Crippen LogP contribution in [0.3, 0.4) is 0 Å². The molecular weight excluding hydrogens is 304 g/mol. The van der Waals surface area contributed by atoms with Crippen LogP contribution in [0.5, 0.6) is 5.75 Å². The summed E-state index contributed by atoms with van der Waals surface area (Å²) in [4.78, 5) is 19.3. The molecule has 0 saturated carbocycles. The normalized spacial score (nSPS) is 10.4. The molecule has 4 N–H and O–H groups in total. The molecule has 6 heteroatoms. The van der Waals surface area contributed by atoms with Gasteiger partial charge in [0.15, 0.2) is 11.6 Å². The number of nitrogens with zero attached hydrogens (tertiary/aromatic N) is 2. The first-order valence-corrected chi connectivity index (χ1v) is 7.32. The molecule has 6 nitrogen and oxygen atoms in total. The summed E-state index contributed by atoms with van der Waals surface area (Å²) in [6.45, 7) is 1.99. The smallest absolute Gasteiger partial charge is 0.248 e. The zero-order chi connectivity index (χ0) is 17.1. The van der Waals surface area contributed by atoms with E-state index in [-0.39, 0.29) is 11.6 Å². The highest BCUT2D eigenvalue weighted by Crippen LogP contribution is 2.33. The number of aromatic nitrogens is 2. The number of carbonyl (C=O) groups excluding carboxylic acids is 1. The number of hydrogen-bond acceptors (Lipinski definition) is 5. The van der Waals surface area contributed by atoms with Gasteiger partial charge in [-0.3, -0.25) is 4.79 Å². The molecule has 0 bridgehead atoms. The number of rotatable bonds is 4. The van der Waals surface area contributed by atoms with Crippen LogP contribution in [0, 0.1) is 6.92 Å². The van der Waals surface area contributed by atoms with Crippen LogP contribution in [0.15, 0.2) is 54.9 Å². The summed E-state index contributed by atoms with van der Waals surface area (Å²) in [6.07, 6.45) is 1.38. The Morgan fingerprint density at radius 1 is 1.04 bits per heavy atom. The minimum Gasteiger partial charge on any atom is -0.503 e. The first-order chi connectivity index (χ1) is 11.5. The van der Waals surface area contributed by atoms with Gasteiger partial charge in [-0.1, -0.05) is 29.8 Å². The van der Waals surface area contributed by atoms with Crippen LogP contribution in [-0.2, 0) is 0 Å². The molecule has 0 fully saturated rings. The molecule has 24 heavy (non-hydrogen) atoms. The van der Waals surface area contributed by atoms with Gasteiger partial charge in [-0.2, -0.15) is 0 Å². The molecule has 0 aliphatic heterocycles. The molecule has 120 valence electrons. The largest absolute Gasteiger partial charge is 0.503 e. The molecule has 0 aliphatic carbocycles. The number of aromatic hydroxyl groups is 1. The Bertz CT molecular complexity index is 875. The summed E-state index contributed by atoms with van der Waals surface area (Å²) in [6, 6.07) is 14.3. The quantitative estimate of drug-likeness (QED) is 0.686. The molecule has 0 unspecified atom stereocenters. The Morgan fingerprint density at radius 2 is 1.71 bits per heavy atom. The molecule has 3 rings (SSSR count). The van der Waals surface area contributed by atoms with Crippen LogP contribution in [0.25, 0.3) is 11.3 Å². The second-order valence-corrected chi connectivity index (χ2v) is 5.35.